The van der Waals surface area contributed by atoms with Gasteiger partial charge in [0, 0.05) is 6.20 Å². The number of hydrogen-bond acceptors (Lipinski definition) is 4. The van der Waals surface area contributed by atoms with Crippen LogP contribution in [0.4, 0.5) is 11.5 Å². The highest BCUT2D eigenvalue weighted by atomic mass is 16.5. The Kier molecular flexibility index (Phi) is 4.95. The summed E-state index contributed by atoms with van der Waals surface area (Å²) in [5.41, 5.74) is 0.680. The number of aromatic nitrogens is 1. The zero-order chi connectivity index (χ0) is 15.3. The SMILES string of the molecule is CN(C)C(N(C)C)=[N+]1N=[N+]([O-])c2ncccc21.O=CO. The van der Waals surface area contributed by atoms with E-state index in [4.69, 9.17) is 9.90 Å². The second kappa shape index (κ2) is 6.45. The van der Waals surface area contributed by atoms with Crippen LogP contribution in [0.25, 0.3) is 0 Å². The van der Waals surface area contributed by atoms with Crippen molar-refractivity contribution in [2.45, 2.75) is 0 Å². The van der Waals surface area contributed by atoms with Crippen molar-refractivity contribution in [3.8, 4) is 0 Å². The molecule has 1 N–H and O–H groups in total. The van der Waals surface area contributed by atoms with Crippen molar-refractivity contribution in [1.29, 1.82) is 0 Å². The fourth-order valence-electron chi connectivity index (χ4n) is 1.80. The van der Waals surface area contributed by atoms with Gasteiger partial charge in [0.05, 0.1) is 28.2 Å². The van der Waals surface area contributed by atoms with Crippen molar-refractivity contribution in [3.63, 3.8) is 0 Å². The highest BCUT2D eigenvalue weighted by Gasteiger charge is 2.34. The molecule has 0 atom stereocenters. The van der Waals surface area contributed by atoms with Gasteiger partial charge in [0.1, 0.15) is 5.22 Å². The fourth-order valence-corrected chi connectivity index (χ4v) is 1.80. The molecule has 108 valence electrons. The molecule has 0 amide bonds. The highest BCUT2D eigenvalue weighted by Crippen LogP contribution is 2.30. The molecule has 0 unspecified atom stereocenters. The molecule has 0 fully saturated rings. The molecule has 2 heterocycles. The smallest absolute Gasteiger partial charge is 0.468 e. The maximum Gasteiger partial charge on any atom is 0.468 e. The van der Waals surface area contributed by atoms with Crippen molar-refractivity contribution < 1.29 is 19.4 Å². The highest BCUT2D eigenvalue weighted by molar-refractivity contribution is 5.76. The molecule has 1 aliphatic heterocycles. The first kappa shape index (κ1) is 15.3. The summed E-state index contributed by atoms with van der Waals surface area (Å²) < 4.78 is 1.58. The first-order valence-corrected chi connectivity index (χ1v) is 5.67. The molecule has 9 heteroatoms. The van der Waals surface area contributed by atoms with E-state index < -0.39 is 0 Å². The lowest BCUT2D eigenvalue weighted by Gasteiger charge is -2.11. The molecular formula is C11H17N6O3+. The van der Waals surface area contributed by atoms with Crippen LogP contribution in [0.5, 0.6) is 0 Å². The number of carboxylic acid groups (broad SMARTS) is 1. The van der Waals surface area contributed by atoms with E-state index in [1.807, 2.05) is 44.1 Å². The zero-order valence-electron chi connectivity index (χ0n) is 11.8. The largest absolute Gasteiger partial charge is 0.689 e. The van der Waals surface area contributed by atoms with Crippen LogP contribution in [0.1, 0.15) is 0 Å². The minimum Gasteiger partial charge on any atom is -0.689 e. The molecule has 0 radical (unpaired) electrons. The van der Waals surface area contributed by atoms with Crippen LogP contribution in [-0.2, 0) is 4.79 Å². The minimum absolute atomic E-state index is 0.250. The van der Waals surface area contributed by atoms with E-state index in [9.17, 15) is 5.21 Å². The Labute approximate surface area is 116 Å². The average molecular weight is 281 g/mol. The first-order valence-electron chi connectivity index (χ1n) is 5.67. The number of pyridine rings is 1. The van der Waals surface area contributed by atoms with E-state index in [0.29, 0.717) is 16.4 Å². The van der Waals surface area contributed by atoms with Crippen molar-refractivity contribution in [1.82, 2.24) is 14.8 Å². The third-order valence-corrected chi connectivity index (χ3v) is 2.34. The van der Waals surface area contributed by atoms with Crippen molar-refractivity contribution in [3.05, 3.63) is 23.5 Å². The molecule has 0 saturated heterocycles. The summed E-state index contributed by atoms with van der Waals surface area (Å²) in [5.74, 6) is 1.10. The summed E-state index contributed by atoms with van der Waals surface area (Å²) in [6.07, 6.45) is 1.58. The lowest BCUT2D eigenvalue weighted by Crippen LogP contribution is -2.40. The molecule has 1 aliphatic rings. The summed E-state index contributed by atoms with van der Waals surface area (Å²) in [6.45, 7) is -0.250. The van der Waals surface area contributed by atoms with E-state index in [-0.39, 0.29) is 6.47 Å². The topological polar surface area (TPSA) is 98.1 Å². The summed E-state index contributed by atoms with van der Waals surface area (Å²) in [7, 11) is 7.59. The maximum atomic E-state index is 11.6. The number of nitrogens with zero attached hydrogens (tertiary/aromatic N) is 6. The van der Waals surface area contributed by atoms with Gasteiger partial charge in [0.25, 0.3) is 12.3 Å². The second-order valence-electron chi connectivity index (χ2n) is 4.21. The number of carbonyl (C=O) groups is 1. The van der Waals surface area contributed by atoms with E-state index >= 15 is 0 Å². The Bertz CT molecular complexity index is 543. The van der Waals surface area contributed by atoms with Crippen LogP contribution in [0.3, 0.4) is 0 Å². The van der Waals surface area contributed by atoms with Gasteiger partial charge in [-0.15, -0.1) is 4.86 Å². The predicted octanol–water partition coefficient (Wildman–Crippen LogP) is 0.428. The van der Waals surface area contributed by atoms with Crippen LogP contribution in [-0.4, -0.2) is 70.1 Å². The Morgan fingerprint density at radius 2 is 1.90 bits per heavy atom. The normalized spacial score (nSPS) is 11.8. The lowest BCUT2D eigenvalue weighted by atomic mass is 10.4. The molecular weight excluding hydrogens is 264 g/mol. The Hall–Kier alpha value is -2.71. The number of rotatable bonds is 0. The number of guanidine groups is 1. The zero-order valence-corrected chi connectivity index (χ0v) is 11.8. The van der Waals surface area contributed by atoms with Crippen LogP contribution in [0, 0.1) is 5.21 Å². The van der Waals surface area contributed by atoms with Gasteiger partial charge in [-0.25, -0.2) is 14.8 Å². The lowest BCUT2D eigenvalue weighted by molar-refractivity contribution is -0.593. The Balaban J connectivity index is 0.000000612. The summed E-state index contributed by atoms with van der Waals surface area (Å²) in [6, 6.07) is 3.60. The third kappa shape index (κ3) is 2.99. The van der Waals surface area contributed by atoms with Gasteiger partial charge in [-0.05, 0) is 16.8 Å². The van der Waals surface area contributed by atoms with E-state index in [0.717, 1.165) is 5.96 Å². The van der Waals surface area contributed by atoms with Gasteiger partial charge in [-0.3, -0.25) is 4.79 Å². The van der Waals surface area contributed by atoms with Gasteiger partial charge in [-0.2, -0.15) is 0 Å². The molecule has 0 spiro atoms. The molecule has 0 saturated carbocycles. The van der Waals surface area contributed by atoms with Crippen molar-refractivity contribution in [2.24, 2.45) is 5.22 Å². The molecule has 9 nitrogen and oxygen atoms in total. The molecule has 0 aromatic carbocycles. The Morgan fingerprint density at radius 1 is 1.35 bits per heavy atom. The molecule has 1 aromatic heterocycles. The van der Waals surface area contributed by atoms with Gasteiger partial charge in [0.2, 0.25) is 5.69 Å². The average Bonchev–Trinajstić information content (AvgIpc) is 2.68. The van der Waals surface area contributed by atoms with Crippen LogP contribution >= 0.6 is 0 Å². The van der Waals surface area contributed by atoms with Crippen LogP contribution in [0.15, 0.2) is 23.6 Å². The van der Waals surface area contributed by atoms with E-state index in [2.05, 4.69) is 10.2 Å². The van der Waals surface area contributed by atoms with E-state index in [1.54, 1.807) is 16.9 Å². The summed E-state index contributed by atoms with van der Waals surface area (Å²) in [4.78, 5) is 16.7. The molecule has 2 rings (SSSR count). The number of hydrogen-bond donors (Lipinski definition) is 1. The van der Waals surface area contributed by atoms with Crippen LogP contribution in [0.2, 0.25) is 0 Å². The van der Waals surface area contributed by atoms with Crippen molar-refractivity contribution >= 4 is 23.9 Å². The monoisotopic (exact) mass is 281 g/mol. The third-order valence-electron chi connectivity index (χ3n) is 2.34. The standard InChI is InChI=1S/C10H15N6O.CH2O2/c1-13(2)10(14(3)4)15-8-6-5-7-11-9(8)16(17)12-15;2-1-3/h5-7H,1-4H3;1H,(H,2,3)/q+1;. The van der Waals surface area contributed by atoms with Gasteiger partial charge in [0.15, 0.2) is 0 Å². The van der Waals surface area contributed by atoms with Crippen molar-refractivity contribution in [2.75, 3.05) is 28.2 Å². The second-order valence-corrected chi connectivity index (χ2v) is 4.21. The van der Waals surface area contributed by atoms with Crippen LogP contribution < -0.4 is 0 Å². The maximum absolute atomic E-state index is 11.6. The van der Waals surface area contributed by atoms with Gasteiger partial charge in [-0.1, -0.05) is 0 Å². The molecule has 1 aromatic rings. The predicted molar refractivity (Wildman–Crippen MR) is 70.9 cm³/mol. The minimum atomic E-state index is -0.250. The first-order chi connectivity index (χ1) is 9.43. The Morgan fingerprint density at radius 3 is 2.40 bits per heavy atom. The number of fused-ring (bicyclic) bond motifs is 1. The molecule has 20 heavy (non-hydrogen) atoms. The van der Waals surface area contributed by atoms with Gasteiger partial charge < -0.3 is 10.3 Å². The van der Waals surface area contributed by atoms with Gasteiger partial charge >= 0.3 is 5.96 Å². The molecule has 0 aliphatic carbocycles. The summed E-state index contributed by atoms with van der Waals surface area (Å²) in [5, 5.41) is 22.4. The summed E-state index contributed by atoms with van der Waals surface area (Å²) >= 11 is 0. The van der Waals surface area contributed by atoms with E-state index in [1.165, 1.54) is 0 Å². The quantitative estimate of drug-likeness (QED) is 0.320. The molecule has 0 bridgehead atoms. The fraction of sp³-hybridized carbons (Fsp3) is 0.364.